The molecule has 0 saturated heterocycles. The number of hydrogen-bond acceptors (Lipinski definition) is 0. The molecule has 0 aromatic rings. The Morgan fingerprint density at radius 1 is 0.909 bits per heavy atom. The standard InChI is InChI=1S/C17H23BSi.2ClH.Zr/c1-12-8-14(3)16(10-12)19(5,7-6-18)17-11-13(2)9-15(17)4;;;/h8-11H,6-7H2,1-5H3;2*1H;/q;;;+4/p-2. The van der Waals surface area contributed by atoms with E-state index >= 15 is 0 Å². The van der Waals surface area contributed by atoms with E-state index in [1.54, 1.807) is 11.1 Å². The number of rotatable bonds is 4. The summed E-state index contributed by atoms with van der Waals surface area (Å²) in [6, 6.07) is 1.13. The molecule has 12 radical (unpaired) electrons. The van der Waals surface area contributed by atoms with E-state index in [4.69, 9.17) is 24.9 Å². The van der Waals surface area contributed by atoms with Gasteiger partial charge in [-0.3, -0.25) is 0 Å². The maximum absolute atomic E-state index is 5.94. The van der Waals surface area contributed by atoms with Crippen molar-refractivity contribution in [2.45, 2.75) is 46.6 Å². The zero-order valence-corrected chi connectivity index (χ0v) is 19.0. The van der Waals surface area contributed by atoms with Crippen LogP contribution in [-0.4, -0.2) is 15.9 Å². The summed E-state index contributed by atoms with van der Waals surface area (Å²) >= 11 is -0.826. The van der Waals surface area contributed by atoms with Crippen molar-refractivity contribution in [3.63, 3.8) is 0 Å². The third-order valence-electron chi connectivity index (χ3n) is 4.32. The quantitative estimate of drug-likeness (QED) is 0.521. The van der Waals surface area contributed by atoms with E-state index in [-0.39, 0.29) is 0 Å². The van der Waals surface area contributed by atoms with E-state index in [0.29, 0.717) is 0 Å². The Kier molecular flexibility index (Phi) is 9.93. The van der Waals surface area contributed by atoms with E-state index in [1.165, 1.54) is 23.7 Å². The van der Waals surface area contributed by atoms with Crippen LogP contribution in [0.5, 0.6) is 0 Å². The molecule has 0 N–H and O–H groups in total. The van der Waals surface area contributed by atoms with Gasteiger partial charge in [0.05, 0.1) is 15.9 Å². The molecule has 2 rings (SSSR count). The van der Waals surface area contributed by atoms with Crippen LogP contribution in [0, 0.1) is 60.4 Å². The van der Waals surface area contributed by atoms with Crippen molar-refractivity contribution >= 4 is 32.9 Å². The van der Waals surface area contributed by atoms with Crippen molar-refractivity contribution in [3.8, 4) is 0 Å². The van der Waals surface area contributed by atoms with E-state index < -0.39 is 28.9 Å². The van der Waals surface area contributed by atoms with Gasteiger partial charge in [0.1, 0.15) is 0 Å². The molecule has 2 aliphatic carbocycles. The number of halogens is 2. The Hall–Kier alpha value is 1.74. The first-order chi connectivity index (χ1) is 10.3. The summed E-state index contributed by atoms with van der Waals surface area (Å²) in [6.45, 7) is 11.3. The van der Waals surface area contributed by atoms with Crippen LogP contribution in [0.3, 0.4) is 0 Å². The Labute approximate surface area is 160 Å². The molecule has 0 aromatic carbocycles. The third kappa shape index (κ3) is 5.37. The Bertz CT molecular complexity index is 308. The fourth-order valence-corrected chi connectivity index (χ4v) is 7.88. The normalized spacial score (nSPS) is 23.6. The van der Waals surface area contributed by atoms with Crippen LogP contribution in [0.1, 0.15) is 27.7 Å². The van der Waals surface area contributed by atoms with Crippen molar-refractivity contribution in [1.82, 2.24) is 0 Å². The minimum atomic E-state index is -1.67. The van der Waals surface area contributed by atoms with Gasteiger partial charge in [-0.15, -0.1) is 0 Å². The van der Waals surface area contributed by atoms with Crippen molar-refractivity contribution in [2.75, 3.05) is 0 Å². The van der Waals surface area contributed by atoms with Gasteiger partial charge in [0.2, 0.25) is 0 Å². The second kappa shape index (κ2) is 10.0. The molecule has 2 fully saturated rings. The van der Waals surface area contributed by atoms with Crippen molar-refractivity contribution in [2.24, 2.45) is 0 Å². The molecule has 0 aromatic heterocycles. The van der Waals surface area contributed by atoms with Gasteiger partial charge < -0.3 is 0 Å². The molecule has 5 heteroatoms. The summed E-state index contributed by atoms with van der Waals surface area (Å²) in [5, 5.41) is 0. The molecular weight excluding hydrogens is 405 g/mol. The Morgan fingerprint density at radius 3 is 1.50 bits per heavy atom. The molecule has 0 nitrogen and oxygen atoms in total. The zero-order chi connectivity index (χ0) is 16.9. The third-order valence-corrected chi connectivity index (χ3v) is 9.06. The summed E-state index contributed by atoms with van der Waals surface area (Å²) in [7, 11) is 14.1. The second-order valence-electron chi connectivity index (χ2n) is 6.20. The molecule has 0 atom stereocenters. The van der Waals surface area contributed by atoms with Gasteiger partial charge in [-0.05, 0) is 60.4 Å². The van der Waals surface area contributed by atoms with Gasteiger partial charge in [-0.2, -0.15) is 0 Å². The topological polar surface area (TPSA) is 0 Å². The summed E-state index contributed by atoms with van der Waals surface area (Å²) < 4.78 is 0. The van der Waals surface area contributed by atoms with Gasteiger partial charge in [0, 0.05) is 0 Å². The molecule has 0 amide bonds. The predicted octanol–water partition coefficient (Wildman–Crippen LogP) is 5.48. The van der Waals surface area contributed by atoms with Crippen LogP contribution in [0.4, 0.5) is 0 Å². The summed E-state index contributed by atoms with van der Waals surface area (Å²) in [6.07, 6.45) is 10.2. The van der Waals surface area contributed by atoms with Crippen LogP contribution in [-0.2, 0) is 20.8 Å². The van der Waals surface area contributed by atoms with Crippen LogP contribution in [0.2, 0.25) is 18.9 Å². The average Bonchev–Trinajstić information content (AvgIpc) is 2.93. The maximum atomic E-state index is 5.94. The van der Waals surface area contributed by atoms with Crippen molar-refractivity contribution in [3.05, 3.63) is 60.4 Å². The molecule has 0 bridgehead atoms. The van der Waals surface area contributed by atoms with Gasteiger partial charge in [-0.25, -0.2) is 0 Å². The van der Waals surface area contributed by atoms with Crippen LogP contribution in [0.25, 0.3) is 0 Å². The Morgan fingerprint density at radius 2 is 1.27 bits per heavy atom. The Balaban J connectivity index is 0.000000745. The summed E-state index contributed by atoms with van der Waals surface area (Å²) in [5.41, 5.74) is 3.15. The molecule has 114 valence electrons. The summed E-state index contributed by atoms with van der Waals surface area (Å²) in [5.74, 6) is 5.64. The molecule has 0 unspecified atom stereocenters. The fraction of sp³-hybridized carbons (Fsp3) is 0.412. The van der Waals surface area contributed by atoms with E-state index in [1.807, 2.05) is 0 Å². The van der Waals surface area contributed by atoms with Crippen molar-refractivity contribution in [1.29, 1.82) is 0 Å². The first-order valence-corrected chi connectivity index (χ1v) is 16.5. The van der Waals surface area contributed by atoms with Crippen LogP contribution in [0.15, 0.2) is 0 Å². The van der Waals surface area contributed by atoms with Gasteiger partial charge in [-0.1, -0.05) is 46.6 Å². The second-order valence-corrected chi connectivity index (χ2v) is 14.2. The monoisotopic (exact) mass is 426 g/mol. The minimum absolute atomic E-state index is 0.774. The fourth-order valence-electron chi connectivity index (χ4n) is 3.50. The van der Waals surface area contributed by atoms with E-state index in [2.05, 4.69) is 59.9 Å². The molecule has 22 heavy (non-hydrogen) atoms. The molecule has 0 aliphatic heterocycles. The van der Waals surface area contributed by atoms with E-state index in [9.17, 15) is 0 Å². The first kappa shape index (κ1) is 21.8. The van der Waals surface area contributed by atoms with E-state index in [0.717, 1.165) is 12.4 Å². The average molecular weight is 428 g/mol. The molecule has 0 heterocycles. The predicted molar refractivity (Wildman–Crippen MR) is 98.0 cm³/mol. The molecule has 0 spiro atoms. The molecular formula is C17H23BCl2SiZr+2. The van der Waals surface area contributed by atoms with Crippen LogP contribution < -0.4 is 0 Å². The van der Waals surface area contributed by atoms with Gasteiger partial charge >= 0.3 is 37.9 Å². The molecule has 2 saturated carbocycles. The first-order valence-electron chi connectivity index (χ1n) is 7.45. The SMILES string of the molecule is [B]CC[Si](C)([C]1[CH][C](C)[CH][C]1C)[C]1[CH][C](C)[CH][C]1C.[Cl][Zr+2][Cl]. The zero-order valence-electron chi connectivity index (χ0n) is 14.1. The molecule has 2 aliphatic rings. The number of hydrogen-bond donors (Lipinski definition) is 0. The van der Waals surface area contributed by atoms with Gasteiger partial charge in [0.25, 0.3) is 0 Å². The van der Waals surface area contributed by atoms with Gasteiger partial charge in [0.15, 0.2) is 0 Å². The van der Waals surface area contributed by atoms with Crippen LogP contribution >= 0.6 is 17.0 Å². The summed E-state index contributed by atoms with van der Waals surface area (Å²) in [4.78, 5) is 0. The van der Waals surface area contributed by atoms with Crippen molar-refractivity contribution < 1.29 is 20.8 Å².